The summed E-state index contributed by atoms with van der Waals surface area (Å²) in [4.78, 5) is 18.7. The van der Waals surface area contributed by atoms with Crippen LogP contribution in [0.2, 0.25) is 0 Å². The van der Waals surface area contributed by atoms with Gasteiger partial charge in [0.25, 0.3) is 0 Å². The van der Waals surface area contributed by atoms with Crippen molar-refractivity contribution in [3.05, 3.63) is 0 Å². The van der Waals surface area contributed by atoms with E-state index < -0.39 is 0 Å². The second kappa shape index (κ2) is 743. The molecule has 0 amide bonds. The second-order valence-electron chi connectivity index (χ2n) is 0.204. The maximum absolute atomic E-state index is 8.35. The van der Waals surface area contributed by atoms with Crippen LogP contribution < -0.4 is 0 Å². The molecule has 0 aromatic heterocycles. The molecule has 0 atom stereocenters. The summed E-state index contributed by atoms with van der Waals surface area (Å²) in [6.45, 7) is 0. The number of carbonyl (C=O) groups excluding carboxylic acids is 2. The minimum absolute atomic E-state index is 0. The van der Waals surface area contributed by atoms with Gasteiger partial charge in [-0.3, -0.25) is 0 Å². The van der Waals surface area contributed by atoms with Gasteiger partial charge in [-0.15, -0.1) is 0 Å². The van der Waals surface area contributed by atoms with Gasteiger partial charge in [0.1, 0.15) is 0 Å². The Morgan fingerprint density at radius 3 is 0.714 bits per heavy atom. The highest BCUT2D eigenvalue weighted by Gasteiger charge is 1.04. The lowest BCUT2D eigenvalue weighted by atomic mass is 11.7. The molecule has 5 heteroatoms. The largest absolute Gasteiger partial charge is 0.231 e. The Hall–Kier alpha value is -0.510. The molecule has 0 spiro atoms. The molecule has 0 aliphatic heterocycles. The average molecular weight is 324 g/mol. The molecule has 0 aliphatic rings. The molecule has 0 aliphatic carbocycles. The quantitative estimate of drug-likeness (QED) is 0.294. The normalized spacial score (nSPS) is 1.57. The third kappa shape index (κ3) is 4860. The molecular formula is C9H29IN2O2. The molecule has 0 aromatic carbocycles. The highest BCUT2D eigenvalue weighted by Crippen LogP contribution is 1.48. The van der Waals surface area contributed by atoms with E-state index in [4.69, 9.17) is 20.4 Å². The van der Waals surface area contributed by atoms with E-state index in [2.05, 4.69) is 22.6 Å². The molecule has 0 aromatic rings. The van der Waals surface area contributed by atoms with Crippen LogP contribution in [0, 0.1) is 10.8 Å². The third-order valence-electron chi connectivity index (χ3n) is 0. The van der Waals surface area contributed by atoms with Gasteiger partial charge in [-0.25, -0.2) is 20.4 Å². The molecule has 4 nitrogen and oxygen atoms in total. The Kier molecular flexibility index (Phi) is 5540. The zero-order chi connectivity index (χ0) is 7.41. The summed E-state index contributed by atoms with van der Waals surface area (Å²) in [6, 6.07) is 0. The molecule has 0 unspecified atom stereocenters. The molecule has 2 N–H and O–H groups in total. The Morgan fingerprint density at radius 1 is 0.714 bits per heavy atom. The molecule has 0 saturated carbocycles. The highest BCUT2D eigenvalue weighted by atomic mass is 127. The van der Waals surface area contributed by atoms with Crippen molar-refractivity contribution in [3.63, 3.8) is 0 Å². The van der Waals surface area contributed by atoms with E-state index in [9.17, 15) is 0 Å². The van der Waals surface area contributed by atoms with Crippen LogP contribution in [-0.2, 0) is 9.59 Å². The molecule has 0 saturated heterocycles. The van der Waals surface area contributed by atoms with E-state index >= 15 is 0 Å². The van der Waals surface area contributed by atoms with E-state index in [-0.39, 0.29) is 44.6 Å². The molecular weight excluding hydrogens is 295 g/mol. The highest BCUT2D eigenvalue weighted by molar-refractivity contribution is 14.1. The zero-order valence-electron chi connectivity index (χ0n) is 4.19. The standard InChI is InChI=1S/CH3I.2CHNO.6CH4/c1-2;2*2-1-3;;;;;;/h1H3;2*2H;6*1H4. The van der Waals surface area contributed by atoms with Crippen molar-refractivity contribution in [3.8, 4) is 0 Å². The molecule has 0 radical (unpaired) electrons. The minimum Gasteiger partial charge on any atom is -0.222 e. The van der Waals surface area contributed by atoms with Crippen molar-refractivity contribution < 1.29 is 9.59 Å². The Balaban J connectivity index is -0.00000000319. The van der Waals surface area contributed by atoms with Crippen LogP contribution in [0.5, 0.6) is 0 Å². The van der Waals surface area contributed by atoms with Crippen molar-refractivity contribution in [1.82, 2.24) is 0 Å². The summed E-state index contributed by atoms with van der Waals surface area (Å²) in [5.74, 6) is 0. The Bertz CT molecular complexity index is 74.8. The molecule has 0 fully saturated rings. The number of nitrogens with one attached hydrogen (secondary N) is 2. The number of hydrogen-bond donors (Lipinski definition) is 2. The van der Waals surface area contributed by atoms with Gasteiger partial charge in [0, 0.05) is 0 Å². The van der Waals surface area contributed by atoms with Gasteiger partial charge in [-0.2, -0.15) is 0 Å². The number of hydrogen-bond acceptors (Lipinski definition) is 4. The first-order valence-electron chi connectivity index (χ1n) is 1.29. The Labute approximate surface area is 105 Å². The number of rotatable bonds is 0. The van der Waals surface area contributed by atoms with Gasteiger partial charge in [-0.1, -0.05) is 67.2 Å². The number of isocyanates is 2. The van der Waals surface area contributed by atoms with Gasteiger partial charge in [0.15, 0.2) is 0 Å². The summed E-state index contributed by atoms with van der Waals surface area (Å²) in [5, 5.41) is 10.8. The molecule has 0 rings (SSSR count). The van der Waals surface area contributed by atoms with Crippen molar-refractivity contribution in [2.45, 2.75) is 44.6 Å². The summed E-state index contributed by atoms with van der Waals surface area (Å²) >= 11 is 2.15. The summed E-state index contributed by atoms with van der Waals surface area (Å²) in [6.07, 6.45) is 1.50. The molecule has 14 heavy (non-hydrogen) atoms. The summed E-state index contributed by atoms with van der Waals surface area (Å²) < 4.78 is 0. The lowest BCUT2D eigenvalue weighted by Gasteiger charge is -1.05. The fourth-order valence-corrected chi connectivity index (χ4v) is 0. The van der Waals surface area contributed by atoms with Crippen LogP contribution in [0.3, 0.4) is 0 Å². The second-order valence-corrected chi connectivity index (χ2v) is 0.204. The lowest BCUT2D eigenvalue weighted by Crippen LogP contribution is -1.16. The minimum atomic E-state index is 0. The molecule has 94 valence electrons. The first-order valence-corrected chi connectivity index (χ1v) is 3.44. The number of alkyl halides is 1. The van der Waals surface area contributed by atoms with Crippen molar-refractivity contribution in [2.75, 3.05) is 4.93 Å². The van der Waals surface area contributed by atoms with E-state index in [1.54, 1.807) is 0 Å². The van der Waals surface area contributed by atoms with E-state index in [1.807, 2.05) is 4.93 Å². The summed E-state index contributed by atoms with van der Waals surface area (Å²) in [5.41, 5.74) is 0. The van der Waals surface area contributed by atoms with Gasteiger partial charge >= 0.3 is 0 Å². The third-order valence-corrected chi connectivity index (χ3v) is 0. The van der Waals surface area contributed by atoms with Crippen molar-refractivity contribution >= 4 is 34.8 Å². The van der Waals surface area contributed by atoms with Crippen LogP contribution >= 0.6 is 22.6 Å². The average Bonchev–Trinajstić information content (AvgIpc) is 1.75. The SMILES string of the molecule is C.C.C.C.C.C.CI.N=C=O.N=C=O. The maximum atomic E-state index is 8.35. The molecule has 0 bridgehead atoms. The van der Waals surface area contributed by atoms with Crippen LogP contribution in [0.15, 0.2) is 0 Å². The topological polar surface area (TPSA) is 81.8 Å². The van der Waals surface area contributed by atoms with E-state index in [0.717, 1.165) is 12.2 Å². The van der Waals surface area contributed by atoms with Crippen molar-refractivity contribution in [2.24, 2.45) is 0 Å². The van der Waals surface area contributed by atoms with Gasteiger partial charge < -0.3 is 0 Å². The van der Waals surface area contributed by atoms with Crippen LogP contribution in [-0.4, -0.2) is 17.1 Å². The smallest absolute Gasteiger partial charge is 0.222 e. The monoisotopic (exact) mass is 324 g/mol. The Morgan fingerprint density at radius 2 is 0.714 bits per heavy atom. The van der Waals surface area contributed by atoms with E-state index in [0.29, 0.717) is 0 Å². The van der Waals surface area contributed by atoms with Crippen LogP contribution in [0.1, 0.15) is 44.6 Å². The van der Waals surface area contributed by atoms with Crippen molar-refractivity contribution in [1.29, 1.82) is 10.8 Å². The maximum Gasteiger partial charge on any atom is 0.231 e. The number of halogens is 1. The summed E-state index contributed by atoms with van der Waals surface area (Å²) in [7, 11) is 0. The van der Waals surface area contributed by atoms with Gasteiger partial charge in [0.2, 0.25) is 12.2 Å². The van der Waals surface area contributed by atoms with Gasteiger partial charge in [0.05, 0.1) is 0 Å². The van der Waals surface area contributed by atoms with Crippen LogP contribution in [0.4, 0.5) is 0 Å². The first-order chi connectivity index (χ1) is 3.83. The fourth-order valence-electron chi connectivity index (χ4n) is 0. The fraction of sp³-hybridized carbons (Fsp3) is 0.778. The lowest BCUT2D eigenvalue weighted by molar-refractivity contribution is 0.562. The first kappa shape index (κ1) is 104. The van der Waals surface area contributed by atoms with E-state index in [1.165, 1.54) is 0 Å². The predicted octanol–water partition coefficient (Wildman–Crippen LogP) is 4.67. The van der Waals surface area contributed by atoms with Gasteiger partial charge in [-0.05, 0) is 4.93 Å². The predicted molar refractivity (Wildman–Crippen MR) is 77.2 cm³/mol. The zero-order valence-corrected chi connectivity index (χ0v) is 6.35. The van der Waals surface area contributed by atoms with Crippen LogP contribution in [0.25, 0.3) is 0 Å². The molecule has 0 heterocycles.